The van der Waals surface area contributed by atoms with Gasteiger partial charge in [-0.25, -0.2) is 26.7 Å². The average Bonchev–Trinajstić information content (AvgIpc) is 3.09. The molecule has 0 aliphatic heterocycles. The van der Waals surface area contributed by atoms with Crippen LogP contribution in [0.2, 0.25) is 0 Å². The van der Waals surface area contributed by atoms with Crippen molar-refractivity contribution in [2.45, 2.75) is 37.1 Å². The predicted octanol–water partition coefficient (Wildman–Crippen LogP) is 2.13. The summed E-state index contributed by atoms with van der Waals surface area (Å²) in [6.07, 6.45) is 2.40. The van der Waals surface area contributed by atoms with Crippen molar-refractivity contribution in [1.29, 1.82) is 0 Å². The Morgan fingerprint density at radius 3 is 2.67 bits per heavy atom. The van der Waals surface area contributed by atoms with Gasteiger partial charge < -0.3 is 5.11 Å². The van der Waals surface area contributed by atoms with Crippen molar-refractivity contribution in [2.24, 2.45) is 5.92 Å². The summed E-state index contributed by atoms with van der Waals surface area (Å²) in [7, 11) is -4.29. The number of sulfonamides is 1. The first-order chi connectivity index (χ1) is 9.76. The van der Waals surface area contributed by atoms with Gasteiger partial charge in [0.1, 0.15) is 4.90 Å². The van der Waals surface area contributed by atoms with Crippen LogP contribution in [0.1, 0.15) is 36.5 Å². The summed E-state index contributed by atoms with van der Waals surface area (Å²) in [5.41, 5.74) is -0.616. The van der Waals surface area contributed by atoms with Gasteiger partial charge in [-0.15, -0.1) is 0 Å². The Bertz CT molecular complexity index is 675. The van der Waals surface area contributed by atoms with Crippen molar-refractivity contribution >= 4 is 16.0 Å². The summed E-state index contributed by atoms with van der Waals surface area (Å²) in [4.78, 5) is 9.84. The number of aromatic carboxylic acids is 1. The Kier molecular flexibility index (Phi) is 4.29. The Morgan fingerprint density at radius 1 is 1.43 bits per heavy atom. The molecule has 0 spiro atoms. The number of halogens is 2. The molecule has 5 nitrogen and oxygen atoms in total. The summed E-state index contributed by atoms with van der Waals surface area (Å²) in [5, 5.41) is 8.79. The standard InChI is InChI=1S/C13H15F2NO4S/c1-2-3-7-5-10(7)16-21(19,20)11-6-8(13(17)18)4-9(14)12(11)15/h4,6-7,10,16H,2-3,5H2,1H3,(H,17,18). The number of carbonyl (C=O) groups is 1. The van der Waals surface area contributed by atoms with Crippen LogP contribution in [0.4, 0.5) is 8.78 Å². The molecule has 0 saturated heterocycles. The van der Waals surface area contributed by atoms with Crippen molar-refractivity contribution in [3.8, 4) is 0 Å². The number of hydrogen-bond acceptors (Lipinski definition) is 3. The lowest BCUT2D eigenvalue weighted by Gasteiger charge is -2.09. The van der Waals surface area contributed by atoms with E-state index in [1.165, 1.54) is 0 Å². The third kappa shape index (κ3) is 3.38. The van der Waals surface area contributed by atoms with E-state index >= 15 is 0 Å². The van der Waals surface area contributed by atoms with Crippen LogP contribution in [0.3, 0.4) is 0 Å². The molecule has 21 heavy (non-hydrogen) atoms. The van der Waals surface area contributed by atoms with Crippen molar-refractivity contribution < 1.29 is 27.1 Å². The van der Waals surface area contributed by atoms with E-state index in [1.807, 2.05) is 6.92 Å². The van der Waals surface area contributed by atoms with E-state index in [-0.39, 0.29) is 12.0 Å². The van der Waals surface area contributed by atoms with E-state index in [9.17, 15) is 22.0 Å². The van der Waals surface area contributed by atoms with Crippen LogP contribution < -0.4 is 4.72 Å². The Morgan fingerprint density at radius 2 is 2.10 bits per heavy atom. The van der Waals surface area contributed by atoms with Crippen LogP contribution in [0.5, 0.6) is 0 Å². The number of nitrogens with one attached hydrogen (secondary N) is 1. The molecular formula is C13H15F2NO4S. The quantitative estimate of drug-likeness (QED) is 0.841. The van der Waals surface area contributed by atoms with Crippen molar-refractivity contribution in [3.05, 3.63) is 29.3 Å². The molecule has 1 aliphatic rings. The first-order valence-electron chi connectivity index (χ1n) is 6.51. The summed E-state index contributed by atoms with van der Waals surface area (Å²) in [5.74, 6) is -4.41. The van der Waals surface area contributed by atoms with Gasteiger partial charge in [0.25, 0.3) is 0 Å². The normalized spacial score (nSPS) is 21.3. The Balaban J connectivity index is 2.30. The monoisotopic (exact) mass is 319 g/mol. The zero-order valence-corrected chi connectivity index (χ0v) is 12.1. The molecule has 2 unspecified atom stereocenters. The van der Waals surface area contributed by atoms with Crippen LogP contribution in [0, 0.1) is 17.6 Å². The van der Waals surface area contributed by atoms with Gasteiger partial charge in [0.05, 0.1) is 5.56 Å². The molecule has 0 amide bonds. The second kappa shape index (κ2) is 5.69. The molecule has 1 saturated carbocycles. The highest BCUT2D eigenvalue weighted by Crippen LogP contribution is 2.36. The summed E-state index contributed by atoms with van der Waals surface area (Å²) >= 11 is 0. The molecule has 1 fully saturated rings. The first-order valence-corrected chi connectivity index (χ1v) is 7.99. The molecule has 1 aromatic rings. The SMILES string of the molecule is CCCC1CC1NS(=O)(=O)c1cc(C(=O)O)cc(F)c1F. The van der Waals surface area contributed by atoms with Gasteiger partial charge >= 0.3 is 5.97 Å². The maximum absolute atomic E-state index is 13.7. The fourth-order valence-electron chi connectivity index (χ4n) is 2.23. The van der Waals surface area contributed by atoms with E-state index in [4.69, 9.17) is 5.11 Å². The predicted molar refractivity (Wildman–Crippen MR) is 70.4 cm³/mol. The highest BCUT2D eigenvalue weighted by atomic mass is 32.2. The second-order valence-electron chi connectivity index (χ2n) is 5.09. The number of carboxylic acids is 1. The van der Waals surface area contributed by atoms with Crippen LogP contribution in [-0.4, -0.2) is 25.5 Å². The van der Waals surface area contributed by atoms with Crippen molar-refractivity contribution in [3.63, 3.8) is 0 Å². The van der Waals surface area contributed by atoms with Gasteiger partial charge in [-0.3, -0.25) is 0 Å². The lowest BCUT2D eigenvalue weighted by molar-refractivity contribution is 0.0696. The van der Waals surface area contributed by atoms with E-state index in [0.29, 0.717) is 18.6 Å². The van der Waals surface area contributed by atoms with E-state index < -0.39 is 38.1 Å². The number of hydrogen-bond donors (Lipinski definition) is 2. The van der Waals surface area contributed by atoms with E-state index in [2.05, 4.69) is 4.72 Å². The average molecular weight is 319 g/mol. The van der Waals surface area contributed by atoms with Crippen LogP contribution in [-0.2, 0) is 10.0 Å². The minimum atomic E-state index is -4.29. The first kappa shape index (κ1) is 15.8. The fourth-order valence-corrected chi connectivity index (χ4v) is 3.66. The molecule has 2 atom stereocenters. The van der Waals surface area contributed by atoms with Gasteiger partial charge in [-0.05, 0) is 30.9 Å². The minimum Gasteiger partial charge on any atom is -0.478 e. The molecule has 0 heterocycles. The molecule has 0 radical (unpaired) electrons. The molecule has 0 bridgehead atoms. The molecule has 1 aliphatic carbocycles. The lowest BCUT2D eigenvalue weighted by Crippen LogP contribution is -2.28. The third-order valence-corrected chi connectivity index (χ3v) is 4.91. The zero-order chi connectivity index (χ0) is 15.8. The Hall–Kier alpha value is -1.54. The van der Waals surface area contributed by atoms with Gasteiger partial charge in [0.2, 0.25) is 10.0 Å². The maximum atomic E-state index is 13.7. The maximum Gasteiger partial charge on any atom is 0.335 e. The van der Waals surface area contributed by atoms with Crippen LogP contribution in [0.25, 0.3) is 0 Å². The van der Waals surface area contributed by atoms with Crippen molar-refractivity contribution in [2.75, 3.05) is 0 Å². The largest absolute Gasteiger partial charge is 0.478 e. The highest BCUT2D eigenvalue weighted by Gasteiger charge is 2.40. The molecule has 2 N–H and O–H groups in total. The molecule has 0 aromatic heterocycles. The molecule has 2 rings (SSSR count). The number of benzene rings is 1. The topological polar surface area (TPSA) is 83.5 Å². The van der Waals surface area contributed by atoms with Gasteiger partial charge in [-0.2, -0.15) is 0 Å². The molecule has 1 aromatic carbocycles. The third-order valence-electron chi connectivity index (χ3n) is 3.42. The molecular weight excluding hydrogens is 304 g/mol. The Labute approximate surface area is 121 Å². The van der Waals surface area contributed by atoms with Crippen LogP contribution in [0.15, 0.2) is 17.0 Å². The smallest absolute Gasteiger partial charge is 0.335 e. The lowest BCUT2D eigenvalue weighted by atomic mass is 10.2. The summed E-state index contributed by atoms with van der Waals surface area (Å²) < 4.78 is 53.4. The van der Waals surface area contributed by atoms with Gasteiger partial charge in [0, 0.05) is 6.04 Å². The highest BCUT2D eigenvalue weighted by molar-refractivity contribution is 7.89. The molecule has 8 heteroatoms. The summed E-state index contributed by atoms with van der Waals surface area (Å²) in [6, 6.07) is 0.777. The minimum absolute atomic E-state index is 0.195. The van der Waals surface area contributed by atoms with Crippen molar-refractivity contribution in [1.82, 2.24) is 4.72 Å². The van der Waals surface area contributed by atoms with E-state index in [1.54, 1.807) is 0 Å². The summed E-state index contributed by atoms with van der Waals surface area (Å²) in [6.45, 7) is 1.97. The fraction of sp³-hybridized carbons (Fsp3) is 0.462. The van der Waals surface area contributed by atoms with E-state index in [0.717, 1.165) is 12.8 Å². The molecule has 116 valence electrons. The zero-order valence-electron chi connectivity index (χ0n) is 11.3. The second-order valence-corrected chi connectivity index (χ2v) is 6.77. The number of rotatable bonds is 6. The van der Waals surface area contributed by atoms with Crippen LogP contribution >= 0.6 is 0 Å². The van der Waals surface area contributed by atoms with Gasteiger partial charge in [-0.1, -0.05) is 13.3 Å². The van der Waals surface area contributed by atoms with Gasteiger partial charge in [0.15, 0.2) is 11.6 Å². The number of carboxylic acid groups (broad SMARTS) is 1.